The first-order valence-corrected chi connectivity index (χ1v) is 8.31. The molecule has 0 bridgehead atoms. The Balaban J connectivity index is 1.72. The normalized spacial score (nSPS) is 12.3. The molecule has 1 amide bonds. The Bertz CT molecular complexity index is 932. The number of amides is 1. The standard InChI is InChI=1S/C20H18F2N4O/c1-14(15-6-8-16(9-7-15)26-13-23-12-24-26)25(2)20(27)11-10-17-18(21)4-3-5-19(17)22/h3-14H,1-2H3/b11-10+/t14-/m0/s1. The SMILES string of the molecule is C[C@@H](c1ccc(-n2cncn2)cc1)N(C)C(=O)/C=C/c1c(F)cccc1F. The van der Waals surface area contributed by atoms with Crippen molar-refractivity contribution in [1.29, 1.82) is 0 Å². The molecule has 0 aliphatic rings. The van der Waals surface area contributed by atoms with Crippen molar-refractivity contribution in [3.8, 4) is 5.69 Å². The highest BCUT2D eigenvalue weighted by Crippen LogP contribution is 2.21. The van der Waals surface area contributed by atoms with E-state index in [0.29, 0.717) is 0 Å². The lowest BCUT2D eigenvalue weighted by Gasteiger charge is -2.24. The molecule has 3 rings (SSSR count). The number of carbonyl (C=O) groups is 1. The second-order valence-corrected chi connectivity index (χ2v) is 6.03. The van der Waals surface area contributed by atoms with Crippen LogP contribution >= 0.6 is 0 Å². The van der Waals surface area contributed by atoms with E-state index in [4.69, 9.17) is 0 Å². The molecule has 0 aliphatic heterocycles. The van der Waals surface area contributed by atoms with Crippen molar-refractivity contribution in [3.63, 3.8) is 0 Å². The summed E-state index contributed by atoms with van der Waals surface area (Å²) in [6.07, 6.45) is 5.38. The van der Waals surface area contributed by atoms with E-state index in [1.807, 2.05) is 31.2 Å². The highest BCUT2D eigenvalue weighted by atomic mass is 19.1. The fraction of sp³-hybridized carbons (Fsp3) is 0.150. The van der Waals surface area contributed by atoms with Crippen LogP contribution in [0.1, 0.15) is 24.1 Å². The van der Waals surface area contributed by atoms with Crippen molar-refractivity contribution in [1.82, 2.24) is 19.7 Å². The van der Waals surface area contributed by atoms with E-state index in [1.54, 1.807) is 18.1 Å². The molecule has 1 atom stereocenters. The molecule has 5 nitrogen and oxygen atoms in total. The molecule has 0 fully saturated rings. The average Bonchev–Trinajstić information content (AvgIpc) is 3.21. The lowest BCUT2D eigenvalue weighted by Crippen LogP contribution is -2.28. The number of halogens is 2. The van der Waals surface area contributed by atoms with Gasteiger partial charge in [0.15, 0.2) is 0 Å². The predicted octanol–water partition coefficient (Wildman–Crippen LogP) is 3.78. The summed E-state index contributed by atoms with van der Waals surface area (Å²) in [6, 6.07) is 10.9. The van der Waals surface area contributed by atoms with Crippen molar-refractivity contribution >= 4 is 12.0 Å². The van der Waals surface area contributed by atoms with Gasteiger partial charge in [0, 0.05) is 18.7 Å². The highest BCUT2D eigenvalue weighted by Gasteiger charge is 2.16. The van der Waals surface area contributed by atoms with Crippen LogP contribution in [0.2, 0.25) is 0 Å². The summed E-state index contributed by atoms with van der Waals surface area (Å²) in [4.78, 5) is 17.8. The number of carbonyl (C=O) groups excluding carboxylic acids is 1. The quantitative estimate of drug-likeness (QED) is 0.644. The van der Waals surface area contributed by atoms with Crippen LogP contribution in [0.3, 0.4) is 0 Å². The first-order chi connectivity index (χ1) is 13.0. The fourth-order valence-corrected chi connectivity index (χ4v) is 2.60. The van der Waals surface area contributed by atoms with Crippen molar-refractivity contribution in [3.05, 3.63) is 84.0 Å². The number of hydrogen-bond donors (Lipinski definition) is 0. The van der Waals surface area contributed by atoms with Gasteiger partial charge in [0.2, 0.25) is 5.91 Å². The molecular formula is C20H18F2N4O. The molecule has 0 N–H and O–H groups in total. The number of rotatable bonds is 5. The molecule has 0 aliphatic carbocycles. The first-order valence-electron chi connectivity index (χ1n) is 8.31. The van der Waals surface area contributed by atoms with Gasteiger partial charge in [-0.05, 0) is 42.8 Å². The minimum absolute atomic E-state index is 0.225. The summed E-state index contributed by atoms with van der Waals surface area (Å²) in [7, 11) is 1.64. The van der Waals surface area contributed by atoms with E-state index in [2.05, 4.69) is 10.1 Å². The summed E-state index contributed by atoms with van der Waals surface area (Å²) >= 11 is 0. The Morgan fingerprint density at radius 2 is 1.81 bits per heavy atom. The fourth-order valence-electron chi connectivity index (χ4n) is 2.60. The molecule has 2 aromatic carbocycles. The van der Waals surface area contributed by atoms with E-state index < -0.39 is 11.6 Å². The number of aromatic nitrogens is 3. The van der Waals surface area contributed by atoms with Crippen LogP contribution in [0.4, 0.5) is 8.78 Å². The lowest BCUT2D eigenvalue weighted by atomic mass is 10.1. The van der Waals surface area contributed by atoms with Crippen LogP contribution in [0.15, 0.2) is 61.2 Å². The third-order valence-corrected chi connectivity index (χ3v) is 4.38. The second kappa shape index (κ2) is 7.90. The molecule has 0 unspecified atom stereocenters. The smallest absolute Gasteiger partial charge is 0.246 e. The summed E-state index contributed by atoms with van der Waals surface area (Å²) in [6.45, 7) is 1.87. The van der Waals surface area contributed by atoms with Gasteiger partial charge < -0.3 is 4.90 Å². The molecule has 7 heteroatoms. The Kier molecular flexibility index (Phi) is 5.40. The van der Waals surface area contributed by atoms with Gasteiger partial charge in [0.05, 0.1) is 11.7 Å². The van der Waals surface area contributed by atoms with Gasteiger partial charge in [-0.1, -0.05) is 18.2 Å². The molecule has 3 aromatic rings. The maximum Gasteiger partial charge on any atom is 0.246 e. The first kappa shape index (κ1) is 18.4. The van der Waals surface area contributed by atoms with Gasteiger partial charge in [-0.15, -0.1) is 0 Å². The Morgan fingerprint density at radius 3 is 2.41 bits per heavy atom. The summed E-state index contributed by atoms with van der Waals surface area (Å²) in [5, 5.41) is 4.06. The molecule has 0 saturated carbocycles. The zero-order valence-electron chi connectivity index (χ0n) is 14.9. The minimum Gasteiger partial charge on any atom is -0.335 e. The molecule has 138 valence electrons. The number of hydrogen-bond acceptors (Lipinski definition) is 3. The average molecular weight is 368 g/mol. The van der Waals surface area contributed by atoms with Crippen LogP contribution in [0.5, 0.6) is 0 Å². The van der Waals surface area contributed by atoms with Crippen LogP contribution in [-0.4, -0.2) is 32.6 Å². The molecule has 0 radical (unpaired) electrons. The zero-order valence-corrected chi connectivity index (χ0v) is 14.9. The molecule has 1 aromatic heterocycles. The Labute approximate surface area is 155 Å². The third kappa shape index (κ3) is 4.08. The van der Waals surface area contributed by atoms with Gasteiger partial charge in [-0.3, -0.25) is 4.79 Å². The Hall–Kier alpha value is -3.35. The van der Waals surface area contributed by atoms with Crippen LogP contribution in [-0.2, 0) is 4.79 Å². The van der Waals surface area contributed by atoms with Crippen LogP contribution < -0.4 is 0 Å². The summed E-state index contributed by atoms with van der Waals surface area (Å²) in [5.41, 5.74) is 1.54. The van der Waals surface area contributed by atoms with E-state index in [9.17, 15) is 13.6 Å². The van der Waals surface area contributed by atoms with Crippen LogP contribution in [0.25, 0.3) is 11.8 Å². The number of benzene rings is 2. The topological polar surface area (TPSA) is 51.0 Å². The van der Waals surface area contributed by atoms with Crippen LogP contribution in [0, 0.1) is 11.6 Å². The third-order valence-electron chi connectivity index (χ3n) is 4.38. The largest absolute Gasteiger partial charge is 0.335 e. The zero-order chi connectivity index (χ0) is 19.4. The number of nitrogens with zero attached hydrogens (tertiary/aromatic N) is 4. The molecular weight excluding hydrogens is 350 g/mol. The van der Waals surface area contributed by atoms with Gasteiger partial charge in [0.25, 0.3) is 0 Å². The van der Waals surface area contributed by atoms with Gasteiger partial charge >= 0.3 is 0 Å². The predicted molar refractivity (Wildman–Crippen MR) is 97.9 cm³/mol. The van der Waals surface area contributed by atoms with Gasteiger partial charge in [-0.25, -0.2) is 18.4 Å². The Morgan fingerprint density at radius 1 is 1.15 bits per heavy atom. The molecule has 0 saturated heterocycles. The second-order valence-electron chi connectivity index (χ2n) is 6.03. The number of likely N-dealkylation sites (N-methyl/N-ethyl adjacent to an activating group) is 1. The van der Waals surface area contributed by atoms with E-state index >= 15 is 0 Å². The van der Waals surface area contributed by atoms with E-state index in [0.717, 1.165) is 29.5 Å². The molecule has 1 heterocycles. The van der Waals surface area contributed by atoms with E-state index in [-0.39, 0.29) is 17.5 Å². The van der Waals surface area contributed by atoms with Gasteiger partial charge in [-0.2, -0.15) is 5.10 Å². The maximum absolute atomic E-state index is 13.7. The lowest BCUT2D eigenvalue weighted by molar-refractivity contribution is -0.126. The van der Waals surface area contributed by atoms with Crippen molar-refractivity contribution < 1.29 is 13.6 Å². The summed E-state index contributed by atoms with van der Waals surface area (Å²) < 4.78 is 28.9. The monoisotopic (exact) mass is 368 g/mol. The van der Waals surface area contributed by atoms with Crippen molar-refractivity contribution in [2.45, 2.75) is 13.0 Å². The highest BCUT2D eigenvalue weighted by molar-refractivity contribution is 5.92. The van der Waals surface area contributed by atoms with Crippen molar-refractivity contribution in [2.75, 3.05) is 7.05 Å². The molecule has 0 spiro atoms. The van der Waals surface area contributed by atoms with Gasteiger partial charge in [0.1, 0.15) is 24.3 Å². The van der Waals surface area contributed by atoms with E-state index in [1.165, 1.54) is 23.4 Å². The maximum atomic E-state index is 13.7. The van der Waals surface area contributed by atoms with Crippen molar-refractivity contribution in [2.24, 2.45) is 0 Å². The minimum atomic E-state index is -0.710. The summed E-state index contributed by atoms with van der Waals surface area (Å²) in [5.74, 6) is -1.78. The molecule has 27 heavy (non-hydrogen) atoms.